The fourth-order valence-electron chi connectivity index (χ4n) is 5.09. The van der Waals surface area contributed by atoms with Crippen LogP contribution in [-0.2, 0) is 24.8 Å². The quantitative estimate of drug-likeness (QED) is 0.191. The first-order valence-electron chi connectivity index (χ1n) is 11.7. The van der Waals surface area contributed by atoms with Crippen LogP contribution in [0, 0.1) is 0 Å². The first-order valence-corrected chi connectivity index (χ1v) is 15.7. The van der Waals surface area contributed by atoms with Crippen LogP contribution < -0.4 is 4.90 Å². The molecule has 16 heteroatoms. The lowest BCUT2D eigenvalue weighted by atomic mass is 10.1. The van der Waals surface area contributed by atoms with Gasteiger partial charge in [0, 0.05) is 7.05 Å². The number of fused-ring (bicyclic) bond motifs is 2. The van der Waals surface area contributed by atoms with Gasteiger partial charge in [0.05, 0.1) is 29.9 Å². The van der Waals surface area contributed by atoms with Crippen LogP contribution in [0.3, 0.4) is 0 Å². The minimum atomic E-state index is -4.83. The van der Waals surface area contributed by atoms with E-state index < -0.39 is 52.2 Å². The SMILES string of the molecule is CN(c1cc(Cl)nc2c1cnn2[C@@H]1O[C@H](COP(=O)(O)CP(=O)(O)O)[C@H](O)[C@@H]1O)[C@@H]1CCc2ccccc21. The van der Waals surface area contributed by atoms with Crippen LogP contribution in [0.25, 0.3) is 11.0 Å². The Hall–Kier alpha value is -1.89. The molecule has 6 atom stereocenters. The topological polar surface area (TPSA) is 188 Å². The van der Waals surface area contributed by atoms with Gasteiger partial charge in [0.2, 0.25) is 0 Å². The third-order valence-corrected chi connectivity index (χ3v) is 10.5. The lowest BCUT2D eigenvalue weighted by Crippen LogP contribution is -2.33. The highest BCUT2D eigenvalue weighted by molar-refractivity contribution is 7.70. The van der Waals surface area contributed by atoms with Gasteiger partial charge in [-0.2, -0.15) is 5.10 Å². The molecule has 3 aromatic rings. The van der Waals surface area contributed by atoms with Crippen molar-refractivity contribution >= 4 is 43.5 Å². The van der Waals surface area contributed by atoms with Crippen molar-refractivity contribution in [2.24, 2.45) is 0 Å². The predicted octanol–water partition coefficient (Wildman–Crippen LogP) is 2.16. The number of nitrogens with zero attached hydrogens (tertiary/aromatic N) is 4. The molecule has 0 saturated carbocycles. The van der Waals surface area contributed by atoms with Crippen molar-refractivity contribution in [1.29, 1.82) is 0 Å². The number of rotatable bonds is 8. The van der Waals surface area contributed by atoms with Crippen LogP contribution in [0.15, 0.2) is 36.5 Å². The second kappa shape index (κ2) is 10.3. The number of hydrogen-bond acceptors (Lipinski definition) is 9. The molecule has 1 fully saturated rings. The van der Waals surface area contributed by atoms with E-state index in [1.807, 2.05) is 19.2 Å². The van der Waals surface area contributed by atoms with Crippen LogP contribution in [0.1, 0.15) is 29.8 Å². The molecule has 1 saturated heterocycles. The van der Waals surface area contributed by atoms with E-state index in [0.717, 1.165) is 18.5 Å². The molecule has 1 aliphatic heterocycles. The maximum Gasteiger partial charge on any atom is 0.340 e. The standard InChI is InChI=1S/C22H27ClN4O9P2/c1-26(15-7-6-12-4-2-3-5-13(12)15)16-8-18(23)25-21-14(16)9-24-27(21)22-20(29)19(28)17(36-22)10-35-38(33,34)11-37(30,31)32/h2-5,8-9,15,17,19-20,22,28-29H,6-7,10-11H2,1H3,(H,33,34)(H2,30,31,32)/t15-,17-,19+,20+,22-/m1/s1. The average molecular weight is 589 g/mol. The summed E-state index contributed by atoms with van der Waals surface area (Å²) >= 11 is 6.38. The number of aromatic nitrogens is 3. The summed E-state index contributed by atoms with van der Waals surface area (Å²) in [7, 11) is -7.56. The lowest BCUT2D eigenvalue weighted by Gasteiger charge is -2.28. The van der Waals surface area contributed by atoms with Crippen molar-refractivity contribution in [2.75, 3.05) is 24.5 Å². The summed E-state index contributed by atoms with van der Waals surface area (Å²) in [6.45, 7) is -0.703. The number of anilines is 1. The molecule has 38 heavy (non-hydrogen) atoms. The van der Waals surface area contributed by atoms with Gasteiger partial charge in [-0.05, 0) is 30.0 Å². The Morgan fingerprint density at radius 2 is 1.95 bits per heavy atom. The van der Waals surface area contributed by atoms with E-state index in [-0.39, 0.29) is 16.8 Å². The summed E-state index contributed by atoms with van der Waals surface area (Å²) < 4.78 is 34.8. The van der Waals surface area contributed by atoms with E-state index in [1.165, 1.54) is 15.8 Å². The van der Waals surface area contributed by atoms with Gasteiger partial charge in [-0.15, -0.1) is 0 Å². The van der Waals surface area contributed by atoms with Gasteiger partial charge in [-0.25, -0.2) is 9.67 Å². The molecule has 2 aromatic heterocycles. The van der Waals surface area contributed by atoms with E-state index in [4.69, 9.17) is 30.6 Å². The van der Waals surface area contributed by atoms with Gasteiger partial charge in [0.1, 0.15) is 23.5 Å². The molecule has 13 nitrogen and oxygen atoms in total. The van der Waals surface area contributed by atoms with Crippen molar-refractivity contribution in [2.45, 2.75) is 43.4 Å². The number of aliphatic hydroxyl groups is 2. The van der Waals surface area contributed by atoms with Crippen LogP contribution in [-0.4, -0.2) is 77.5 Å². The molecule has 1 aliphatic carbocycles. The maximum absolute atomic E-state index is 12.0. The Labute approximate surface area is 222 Å². The summed E-state index contributed by atoms with van der Waals surface area (Å²) in [6, 6.07) is 10.1. The molecular formula is C22H27ClN4O9P2. The monoisotopic (exact) mass is 588 g/mol. The molecule has 0 radical (unpaired) electrons. The number of halogens is 1. The highest BCUT2D eigenvalue weighted by Crippen LogP contribution is 2.55. The van der Waals surface area contributed by atoms with Gasteiger partial charge in [0.25, 0.3) is 0 Å². The molecule has 2 aliphatic rings. The van der Waals surface area contributed by atoms with Crippen molar-refractivity contribution in [3.63, 3.8) is 0 Å². The second-order valence-corrected chi connectivity index (χ2v) is 13.8. The fourth-order valence-corrected chi connectivity index (χ4v) is 7.84. The minimum absolute atomic E-state index is 0.107. The Morgan fingerprint density at radius 3 is 2.68 bits per heavy atom. The first-order chi connectivity index (χ1) is 17.8. The highest BCUT2D eigenvalue weighted by Gasteiger charge is 2.46. The van der Waals surface area contributed by atoms with Crippen LogP contribution in [0.2, 0.25) is 5.15 Å². The smallest absolute Gasteiger partial charge is 0.340 e. The number of pyridine rings is 1. The molecule has 0 bridgehead atoms. The number of aliphatic hydroxyl groups excluding tert-OH is 2. The molecular weight excluding hydrogens is 562 g/mol. The van der Waals surface area contributed by atoms with Gasteiger partial charge in [-0.3, -0.25) is 9.13 Å². The van der Waals surface area contributed by atoms with Crippen LogP contribution in [0.4, 0.5) is 5.69 Å². The molecule has 5 N–H and O–H groups in total. The van der Waals surface area contributed by atoms with E-state index in [9.17, 15) is 24.2 Å². The molecule has 0 spiro atoms. The lowest BCUT2D eigenvalue weighted by molar-refractivity contribution is -0.0541. The fraction of sp³-hybridized carbons (Fsp3) is 0.455. The zero-order valence-corrected chi connectivity index (χ0v) is 22.7. The summed E-state index contributed by atoms with van der Waals surface area (Å²) in [4.78, 5) is 34.1. The van der Waals surface area contributed by atoms with Crippen molar-refractivity contribution < 1.29 is 43.3 Å². The van der Waals surface area contributed by atoms with Gasteiger partial charge >= 0.3 is 15.2 Å². The molecule has 3 heterocycles. The second-order valence-electron chi connectivity index (χ2n) is 9.44. The summed E-state index contributed by atoms with van der Waals surface area (Å²) in [5.41, 5.74) is 3.57. The third-order valence-electron chi connectivity index (χ3n) is 6.84. The van der Waals surface area contributed by atoms with Gasteiger partial charge in [0.15, 0.2) is 17.8 Å². The maximum atomic E-state index is 12.0. The summed E-state index contributed by atoms with van der Waals surface area (Å²) in [6.07, 6.45) is -2.18. The van der Waals surface area contributed by atoms with Crippen molar-refractivity contribution in [3.05, 3.63) is 52.8 Å². The average Bonchev–Trinajstić information content (AvgIpc) is 3.52. The van der Waals surface area contributed by atoms with E-state index in [2.05, 4.69) is 27.1 Å². The largest absolute Gasteiger partial charge is 0.387 e. The normalized spacial score (nSPS) is 27.0. The van der Waals surface area contributed by atoms with Crippen molar-refractivity contribution in [1.82, 2.24) is 14.8 Å². The van der Waals surface area contributed by atoms with E-state index in [0.29, 0.717) is 5.39 Å². The number of aryl methyl sites for hydroxylation is 1. The van der Waals surface area contributed by atoms with E-state index in [1.54, 1.807) is 12.3 Å². The zero-order valence-electron chi connectivity index (χ0n) is 20.1. The summed E-state index contributed by atoms with van der Waals surface area (Å²) in [5.74, 6) is -1.39. The molecule has 5 rings (SSSR count). The highest BCUT2D eigenvalue weighted by atomic mass is 35.5. The molecule has 1 aromatic carbocycles. The molecule has 0 amide bonds. The van der Waals surface area contributed by atoms with Crippen LogP contribution >= 0.6 is 26.8 Å². The van der Waals surface area contributed by atoms with E-state index >= 15 is 0 Å². The van der Waals surface area contributed by atoms with Crippen molar-refractivity contribution in [3.8, 4) is 0 Å². The summed E-state index contributed by atoms with van der Waals surface area (Å²) in [5, 5.41) is 26.3. The first kappa shape index (κ1) is 27.7. The third kappa shape index (κ3) is 5.41. The van der Waals surface area contributed by atoms with Gasteiger partial charge < -0.3 is 39.1 Å². The Bertz CT molecular complexity index is 1450. The van der Waals surface area contributed by atoms with Crippen LogP contribution in [0.5, 0.6) is 0 Å². The Kier molecular flexibility index (Phi) is 7.47. The minimum Gasteiger partial charge on any atom is -0.387 e. The van der Waals surface area contributed by atoms with Gasteiger partial charge in [-0.1, -0.05) is 35.9 Å². The zero-order chi connectivity index (χ0) is 27.4. The number of ether oxygens (including phenoxy) is 1. The predicted molar refractivity (Wildman–Crippen MR) is 137 cm³/mol. The Balaban J connectivity index is 1.40. The number of benzene rings is 1. The number of hydrogen-bond donors (Lipinski definition) is 5. The Morgan fingerprint density at radius 1 is 1.21 bits per heavy atom. The molecule has 206 valence electrons. The molecule has 1 unspecified atom stereocenters.